The van der Waals surface area contributed by atoms with E-state index in [1.807, 2.05) is 0 Å². The number of ether oxygens (including phenoxy) is 4. The van der Waals surface area contributed by atoms with Crippen molar-refractivity contribution in [3.63, 3.8) is 0 Å². The highest BCUT2D eigenvalue weighted by molar-refractivity contribution is 5.80. The van der Waals surface area contributed by atoms with Crippen molar-refractivity contribution in [3.05, 3.63) is 57.1 Å². The Balaban J connectivity index is 2.21. The van der Waals surface area contributed by atoms with Gasteiger partial charge in [0, 0.05) is 38.4 Å². The van der Waals surface area contributed by atoms with Gasteiger partial charge in [-0.3, -0.25) is 28.5 Å². The standard InChI is InChI=1S/C22H23NO9/c1-11-18(30-12(2)24)19(31-13(3)25)20(32-14(4)26)22(29-11)23-10-9-17(27)15-7-5-6-8-16(15)21(23)28/h5-11,18-20,22H,1-4H3/t11-,18-,19+,20+,22+/m0/s1. The number of hydrogen-bond acceptors (Lipinski definition) is 9. The second kappa shape index (κ2) is 9.31. The monoisotopic (exact) mass is 445 g/mol. The summed E-state index contributed by atoms with van der Waals surface area (Å²) in [7, 11) is 0. The molecule has 170 valence electrons. The lowest BCUT2D eigenvalue weighted by Crippen LogP contribution is -2.59. The van der Waals surface area contributed by atoms with Crippen LogP contribution in [0.1, 0.15) is 33.9 Å². The molecule has 1 aliphatic rings. The van der Waals surface area contributed by atoms with Crippen LogP contribution in [0.5, 0.6) is 0 Å². The van der Waals surface area contributed by atoms with Crippen molar-refractivity contribution < 1.29 is 33.3 Å². The Labute approximate surface area is 182 Å². The summed E-state index contributed by atoms with van der Waals surface area (Å²) in [6.07, 6.45) is -4.59. The Kier molecular flexibility index (Phi) is 6.73. The molecule has 0 saturated carbocycles. The van der Waals surface area contributed by atoms with Gasteiger partial charge in [0.2, 0.25) is 0 Å². The Bertz CT molecular complexity index is 1170. The third kappa shape index (κ3) is 4.70. The van der Waals surface area contributed by atoms with E-state index in [1.54, 1.807) is 19.1 Å². The topological polar surface area (TPSA) is 127 Å². The molecule has 1 aliphatic heterocycles. The first-order valence-corrected chi connectivity index (χ1v) is 9.91. The van der Waals surface area contributed by atoms with E-state index in [9.17, 15) is 24.0 Å². The normalized spacial score (nSPS) is 25.1. The number of carbonyl (C=O) groups is 3. The van der Waals surface area contributed by atoms with Crippen LogP contribution < -0.4 is 11.0 Å². The lowest BCUT2D eigenvalue weighted by Gasteiger charge is -2.43. The average Bonchev–Trinajstić information content (AvgIpc) is 2.83. The summed E-state index contributed by atoms with van der Waals surface area (Å²) >= 11 is 0. The van der Waals surface area contributed by atoms with Crippen molar-refractivity contribution in [2.75, 3.05) is 0 Å². The summed E-state index contributed by atoms with van der Waals surface area (Å²) in [5.41, 5.74) is -0.969. The molecule has 1 saturated heterocycles. The van der Waals surface area contributed by atoms with Gasteiger partial charge in [-0.15, -0.1) is 0 Å². The van der Waals surface area contributed by atoms with Crippen molar-refractivity contribution >= 4 is 28.7 Å². The summed E-state index contributed by atoms with van der Waals surface area (Å²) in [5, 5.41) is 0.338. The predicted molar refractivity (Wildman–Crippen MR) is 111 cm³/mol. The minimum Gasteiger partial charge on any atom is -0.456 e. The molecule has 1 aromatic carbocycles. The maximum Gasteiger partial charge on any atom is 0.303 e. The second-order valence-corrected chi connectivity index (χ2v) is 7.39. The number of hydrogen-bond donors (Lipinski definition) is 0. The highest BCUT2D eigenvalue weighted by Gasteiger charge is 2.51. The zero-order chi connectivity index (χ0) is 23.6. The van der Waals surface area contributed by atoms with Crippen molar-refractivity contribution in [3.8, 4) is 0 Å². The van der Waals surface area contributed by atoms with E-state index >= 15 is 0 Å². The summed E-state index contributed by atoms with van der Waals surface area (Å²) < 4.78 is 23.1. The molecular weight excluding hydrogens is 422 g/mol. The minimum atomic E-state index is -1.34. The van der Waals surface area contributed by atoms with Crippen LogP contribution in [0, 0.1) is 0 Å². The maximum atomic E-state index is 13.3. The highest BCUT2D eigenvalue weighted by Crippen LogP contribution is 2.33. The van der Waals surface area contributed by atoms with Crippen LogP contribution in [-0.2, 0) is 33.3 Å². The molecule has 5 atom stereocenters. The van der Waals surface area contributed by atoms with Gasteiger partial charge in [0.05, 0.1) is 11.5 Å². The minimum absolute atomic E-state index is 0.131. The molecule has 0 amide bonds. The van der Waals surface area contributed by atoms with Crippen LogP contribution in [0.4, 0.5) is 0 Å². The van der Waals surface area contributed by atoms with Gasteiger partial charge in [-0.2, -0.15) is 0 Å². The van der Waals surface area contributed by atoms with E-state index < -0.39 is 59.5 Å². The van der Waals surface area contributed by atoms with Gasteiger partial charge in [-0.25, -0.2) is 0 Å². The number of aromatic nitrogens is 1. The number of benzene rings is 1. The molecule has 0 spiro atoms. The van der Waals surface area contributed by atoms with Gasteiger partial charge >= 0.3 is 17.9 Å². The van der Waals surface area contributed by atoms with Crippen molar-refractivity contribution in [1.29, 1.82) is 0 Å². The first kappa shape index (κ1) is 23.1. The maximum absolute atomic E-state index is 13.3. The number of nitrogens with zero attached hydrogens (tertiary/aromatic N) is 1. The lowest BCUT2D eigenvalue weighted by molar-refractivity contribution is -0.260. The zero-order valence-corrected chi connectivity index (χ0v) is 18.0. The van der Waals surface area contributed by atoms with Crippen LogP contribution >= 0.6 is 0 Å². The van der Waals surface area contributed by atoms with Gasteiger partial charge < -0.3 is 18.9 Å². The fourth-order valence-corrected chi connectivity index (χ4v) is 3.74. The van der Waals surface area contributed by atoms with E-state index in [0.29, 0.717) is 0 Å². The first-order valence-electron chi connectivity index (χ1n) is 9.91. The number of carbonyl (C=O) groups excluding carboxylic acids is 3. The molecule has 2 heterocycles. The molecular formula is C22H23NO9. The summed E-state index contributed by atoms with van der Waals surface area (Å²) in [5.74, 6) is -2.11. The molecule has 0 N–H and O–H groups in total. The van der Waals surface area contributed by atoms with Gasteiger partial charge in [-0.05, 0) is 13.0 Å². The summed E-state index contributed by atoms with van der Waals surface area (Å²) in [6, 6.07) is 7.46. The number of esters is 3. The molecule has 32 heavy (non-hydrogen) atoms. The molecule has 0 radical (unpaired) electrons. The number of rotatable bonds is 4. The van der Waals surface area contributed by atoms with Crippen LogP contribution in [0.15, 0.2) is 46.1 Å². The van der Waals surface area contributed by atoms with E-state index in [-0.39, 0.29) is 10.8 Å². The predicted octanol–water partition coefficient (Wildman–Crippen LogP) is 1.07. The molecule has 1 fully saturated rings. The van der Waals surface area contributed by atoms with E-state index in [2.05, 4.69) is 0 Å². The first-order chi connectivity index (χ1) is 15.1. The van der Waals surface area contributed by atoms with Gasteiger partial charge in [-0.1, -0.05) is 18.2 Å². The molecule has 1 aromatic heterocycles. The quantitative estimate of drug-likeness (QED) is 0.501. The molecule has 0 bridgehead atoms. The Hall–Kier alpha value is -3.53. The van der Waals surface area contributed by atoms with Crippen LogP contribution in [0.2, 0.25) is 0 Å². The third-order valence-electron chi connectivity index (χ3n) is 4.97. The van der Waals surface area contributed by atoms with Crippen LogP contribution in [0.25, 0.3) is 10.8 Å². The Morgan fingerprint density at radius 3 is 1.94 bits per heavy atom. The van der Waals surface area contributed by atoms with Crippen molar-refractivity contribution in [2.24, 2.45) is 0 Å². The Morgan fingerprint density at radius 1 is 0.812 bits per heavy atom. The Morgan fingerprint density at radius 2 is 1.34 bits per heavy atom. The average molecular weight is 445 g/mol. The smallest absolute Gasteiger partial charge is 0.303 e. The van der Waals surface area contributed by atoms with E-state index in [1.165, 1.54) is 31.3 Å². The fourth-order valence-electron chi connectivity index (χ4n) is 3.74. The third-order valence-corrected chi connectivity index (χ3v) is 4.97. The van der Waals surface area contributed by atoms with Crippen molar-refractivity contribution in [2.45, 2.75) is 58.3 Å². The molecule has 10 heteroatoms. The van der Waals surface area contributed by atoms with Gasteiger partial charge in [0.1, 0.15) is 0 Å². The summed E-state index contributed by atoms with van der Waals surface area (Å²) in [6.45, 7) is 5.02. The second-order valence-electron chi connectivity index (χ2n) is 7.39. The fraction of sp³-hybridized carbons (Fsp3) is 0.409. The van der Waals surface area contributed by atoms with E-state index in [0.717, 1.165) is 18.4 Å². The SMILES string of the molecule is CC(=O)O[C@@H]1[C@@H](OC(C)=O)[C@H](C)O[C@@H](n2ccc(=O)c3ccccc3c2=O)[C@@H]1OC(C)=O. The van der Waals surface area contributed by atoms with Gasteiger partial charge in [0.15, 0.2) is 30.0 Å². The van der Waals surface area contributed by atoms with Crippen LogP contribution in [-0.4, -0.2) is 46.9 Å². The molecule has 3 rings (SSSR count). The molecule has 10 nitrogen and oxygen atoms in total. The highest BCUT2D eigenvalue weighted by atomic mass is 16.7. The summed E-state index contributed by atoms with van der Waals surface area (Å²) in [4.78, 5) is 61.1. The number of fused-ring (bicyclic) bond motifs is 1. The molecule has 2 aromatic rings. The lowest BCUT2D eigenvalue weighted by atomic mass is 9.97. The van der Waals surface area contributed by atoms with Gasteiger partial charge in [0.25, 0.3) is 5.56 Å². The van der Waals surface area contributed by atoms with Crippen molar-refractivity contribution in [1.82, 2.24) is 4.57 Å². The largest absolute Gasteiger partial charge is 0.456 e. The molecule has 0 aliphatic carbocycles. The molecule has 0 unspecified atom stereocenters. The van der Waals surface area contributed by atoms with Crippen LogP contribution in [0.3, 0.4) is 0 Å². The van der Waals surface area contributed by atoms with E-state index in [4.69, 9.17) is 18.9 Å². The zero-order valence-electron chi connectivity index (χ0n) is 18.0.